The molecule has 3 N–H and O–H groups in total. The summed E-state index contributed by atoms with van der Waals surface area (Å²) in [5, 5.41) is 9.57. The average molecular weight is 258 g/mol. The van der Waals surface area contributed by atoms with Crippen molar-refractivity contribution >= 4 is 17.7 Å². The second-order valence-corrected chi connectivity index (χ2v) is 5.27. The summed E-state index contributed by atoms with van der Waals surface area (Å²) in [5.74, 6) is 0.148. The number of rotatable bonds is 6. The van der Waals surface area contributed by atoms with Gasteiger partial charge in [0.05, 0.1) is 6.10 Å². The van der Waals surface area contributed by atoms with Crippen LogP contribution in [0, 0.1) is 0 Å². The molecule has 1 heterocycles. The molecule has 0 bridgehead atoms. The zero-order valence-electron chi connectivity index (χ0n) is 10.3. The van der Waals surface area contributed by atoms with E-state index in [0.717, 1.165) is 0 Å². The van der Waals surface area contributed by atoms with Gasteiger partial charge in [0.15, 0.2) is 5.16 Å². The fraction of sp³-hybridized carbons (Fsp3) is 0.700. The summed E-state index contributed by atoms with van der Waals surface area (Å²) in [6.07, 6.45) is 0.667. The summed E-state index contributed by atoms with van der Waals surface area (Å²) in [5.41, 5.74) is 5.58. The second-order valence-electron chi connectivity index (χ2n) is 3.87. The minimum atomic E-state index is -0.00971. The molecule has 1 atom stereocenters. The van der Waals surface area contributed by atoms with Crippen molar-refractivity contribution in [1.29, 1.82) is 0 Å². The smallest absolute Gasteiger partial charge is 0.322 e. The van der Waals surface area contributed by atoms with Gasteiger partial charge in [0.25, 0.3) is 0 Å². The highest BCUT2D eigenvalue weighted by atomic mass is 32.2. The Morgan fingerprint density at radius 1 is 1.29 bits per heavy atom. The molecule has 7 heteroatoms. The number of thioether (sulfide) groups is 1. The third-order valence-corrected chi connectivity index (χ3v) is 2.83. The molecule has 1 rings (SSSR count). The first-order valence-electron chi connectivity index (χ1n) is 5.47. The van der Waals surface area contributed by atoms with Crippen LogP contribution in [0.3, 0.4) is 0 Å². The van der Waals surface area contributed by atoms with Crippen LogP contribution in [0.2, 0.25) is 0 Å². The normalized spacial score (nSPS) is 12.8. The highest BCUT2D eigenvalue weighted by Crippen LogP contribution is 2.23. The van der Waals surface area contributed by atoms with E-state index in [4.69, 9.17) is 15.6 Å². The number of ether oxygens (including phenoxy) is 1. The maximum absolute atomic E-state index is 8.83. The monoisotopic (exact) mass is 258 g/mol. The molecular weight excluding hydrogens is 240 g/mol. The Kier molecular flexibility index (Phi) is 5.43. The van der Waals surface area contributed by atoms with Gasteiger partial charge in [0.2, 0.25) is 5.95 Å². The summed E-state index contributed by atoms with van der Waals surface area (Å²) in [4.78, 5) is 12.1. The SMILES string of the molecule is CC(C)Oc1nc(N)nc(SC(C)CCO)n1. The molecule has 1 aromatic heterocycles. The summed E-state index contributed by atoms with van der Waals surface area (Å²) >= 11 is 1.44. The Labute approximate surface area is 105 Å². The maximum atomic E-state index is 8.83. The van der Waals surface area contributed by atoms with Crippen LogP contribution in [0.5, 0.6) is 6.01 Å². The van der Waals surface area contributed by atoms with Crippen LogP contribution in [0.4, 0.5) is 5.95 Å². The first-order valence-corrected chi connectivity index (χ1v) is 6.35. The van der Waals surface area contributed by atoms with Crippen LogP contribution in [0.15, 0.2) is 5.16 Å². The van der Waals surface area contributed by atoms with Crippen LogP contribution in [-0.2, 0) is 0 Å². The topological polar surface area (TPSA) is 94.2 Å². The summed E-state index contributed by atoms with van der Waals surface area (Å²) < 4.78 is 5.37. The lowest BCUT2D eigenvalue weighted by Crippen LogP contribution is -2.11. The van der Waals surface area contributed by atoms with Gasteiger partial charge in [0.1, 0.15) is 0 Å². The predicted molar refractivity (Wildman–Crippen MR) is 67.0 cm³/mol. The fourth-order valence-corrected chi connectivity index (χ4v) is 1.95. The van der Waals surface area contributed by atoms with Crippen LogP contribution in [0.25, 0.3) is 0 Å². The molecular formula is C10H18N4O2S. The van der Waals surface area contributed by atoms with Crippen molar-refractivity contribution in [2.75, 3.05) is 12.3 Å². The second kappa shape index (κ2) is 6.61. The van der Waals surface area contributed by atoms with Crippen molar-refractivity contribution in [3.63, 3.8) is 0 Å². The first kappa shape index (κ1) is 14.0. The molecule has 0 fully saturated rings. The van der Waals surface area contributed by atoms with Crippen molar-refractivity contribution in [2.45, 2.75) is 43.7 Å². The molecule has 0 saturated heterocycles. The van der Waals surface area contributed by atoms with Gasteiger partial charge < -0.3 is 15.6 Å². The maximum Gasteiger partial charge on any atom is 0.322 e. The molecule has 1 unspecified atom stereocenters. The van der Waals surface area contributed by atoms with Gasteiger partial charge in [-0.2, -0.15) is 15.0 Å². The van der Waals surface area contributed by atoms with E-state index < -0.39 is 0 Å². The number of nitrogens with zero attached hydrogens (tertiary/aromatic N) is 3. The van der Waals surface area contributed by atoms with Crippen molar-refractivity contribution in [2.24, 2.45) is 0 Å². The third kappa shape index (κ3) is 5.18. The lowest BCUT2D eigenvalue weighted by molar-refractivity contribution is 0.219. The Morgan fingerprint density at radius 3 is 2.59 bits per heavy atom. The van der Waals surface area contributed by atoms with E-state index in [-0.39, 0.29) is 29.9 Å². The lowest BCUT2D eigenvalue weighted by atomic mass is 10.4. The highest BCUT2D eigenvalue weighted by molar-refractivity contribution is 7.99. The predicted octanol–water partition coefficient (Wildman–Crippen LogP) is 1.10. The van der Waals surface area contributed by atoms with Crippen molar-refractivity contribution in [3.8, 4) is 6.01 Å². The molecule has 0 aromatic carbocycles. The first-order chi connectivity index (χ1) is 8.01. The van der Waals surface area contributed by atoms with Crippen LogP contribution < -0.4 is 10.5 Å². The molecule has 1 aromatic rings. The molecule has 0 aliphatic rings. The summed E-state index contributed by atoms with van der Waals surface area (Å²) in [6, 6.07) is 0.242. The number of aliphatic hydroxyl groups is 1. The molecule has 0 radical (unpaired) electrons. The zero-order valence-corrected chi connectivity index (χ0v) is 11.1. The van der Waals surface area contributed by atoms with Crippen molar-refractivity contribution < 1.29 is 9.84 Å². The van der Waals surface area contributed by atoms with E-state index in [1.165, 1.54) is 11.8 Å². The molecule has 0 aliphatic heterocycles. The largest absolute Gasteiger partial charge is 0.461 e. The van der Waals surface area contributed by atoms with Gasteiger partial charge in [-0.1, -0.05) is 18.7 Å². The molecule has 0 saturated carbocycles. The number of nitrogen functional groups attached to an aromatic ring is 1. The molecule has 6 nitrogen and oxygen atoms in total. The molecule has 96 valence electrons. The quantitative estimate of drug-likeness (QED) is 0.738. The number of hydrogen-bond acceptors (Lipinski definition) is 7. The minimum absolute atomic E-state index is 0.00971. The van der Waals surface area contributed by atoms with Gasteiger partial charge in [-0.05, 0) is 20.3 Å². The van der Waals surface area contributed by atoms with E-state index in [1.807, 2.05) is 20.8 Å². The van der Waals surface area contributed by atoms with E-state index >= 15 is 0 Å². The average Bonchev–Trinajstić information content (AvgIpc) is 2.14. The van der Waals surface area contributed by atoms with E-state index in [9.17, 15) is 0 Å². The van der Waals surface area contributed by atoms with Gasteiger partial charge >= 0.3 is 6.01 Å². The number of anilines is 1. The van der Waals surface area contributed by atoms with Gasteiger partial charge in [-0.25, -0.2) is 0 Å². The number of hydrogen-bond donors (Lipinski definition) is 2. The molecule has 0 amide bonds. The van der Waals surface area contributed by atoms with Crippen LogP contribution in [0.1, 0.15) is 27.2 Å². The Hall–Kier alpha value is -1.08. The van der Waals surface area contributed by atoms with Crippen molar-refractivity contribution in [1.82, 2.24) is 15.0 Å². The Balaban J connectivity index is 2.74. The summed E-state index contributed by atoms with van der Waals surface area (Å²) in [6.45, 7) is 5.91. The van der Waals surface area contributed by atoms with Gasteiger partial charge in [0, 0.05) is 11.9 Å². The number of aliphatic hydroxyl groups excluding tert-OH is 1. The minimum Gasteiger partial charge on any atom is -0.461 e. The molecule has 0 aliphatic carbocycles. The van der Waals surface area contributed by atoms with E-state index in [1.54, 1.807) is 0 Å². The van der Waals surface area contributed by atoms with Crippen LogP contribution in [-0.4, -0.2) is 38.0 Å². The summed E-state index contributed by atoms with van der Waals surface area (Å²) in [7, 11) is 0. The molecule has 0 spiro atoms. The zero-order chi connectivity index (χ0) is 12.8. The van der Waals surface area contributed by atoms with Crippen LogP contribution >= 0.6 is 11.8 Å². The Bertz CT molecular complexity index is 362. The highest BCUT2D eigenvalue weighted by Gasteiger charge is 2.11. The standard InChI is InChI=1S/C10H18N4O2S/c1-6(2)16-9-12-8(11)13-10(14-9)17-7(3)4-5-15/h6-7,15H,4-5H2,1-3H3,(H2,11,12,13,14). The van der Waals surface area contributed by atoms with E-state index in [0.29, 0.717) is 11.6 Å². The molecule has 17 heavy (non-hydrogen) atoms. The van der Waals surface area contributed by atoms with Crippen molar-refractivity contribution in [3.05, 3.63) is 0 Å². The lowest BCUT2D eigenvalue weighted by Gasteiger charge is -2.11. The number of aromatic nitrogens is 3. The van der Waals surface area contributed by atoms with Gasteiger partial charge in [-0.3, -0.25) is 0 Å². The Morgan fingerprint density at radius 2 is 2.00 bits per heavy atom. The third-order valence-electron chi connectivity index (χ3n) is 1.80. The number of nitrogens with two attached hydrogens (primary N) is 1. The fourth-order valence-electron chi connectivity index (χ4n) is 1.09. The van der Waals surface area contributed by atoms with E-state index in [2.05, 4.69) is 15.0 Å². The van der Waals surface area contributed by atoms with Gasteiger partial charge in [-0.15, -0.1) is 0 Å².